The summed E-state index contributed by atoms with van der Waals surface area (Å²) < 4.78 is 24.0. The topological polar surface area (TPSA) is 52.5 Å². The molecule has 3 aromatic rings. The molecule has 2 unspecified atom stereocenters. The van der Waals surface area contributed by atoms with Crippen molar-refractivity contribution in [1.29, 1.82) is 0 Å². The maximum absolute atomic E-state index is 6.14. The van der Waals surface area contributed by atoms with Crippen molar-refractivity contribution >= 4 is 26.0 Å². The number of para-hydroxylation sites is 3. The zero-order valence-corrected chi connectivity index (χ0v) is 19.4. The molecule has 0 aliphatic carbocycles. The van der Waals surface area contributed by atoms with Gasteiger partial charge in [-0.3, -0.25) is 4.84 Å². The van der Waals surface area contributed by atoms with Gasteiger partial charge in [0, 0.05) is 0 Å². The molecule has 3 rings (SSSR count). The highest BCUT2D eigenvalue weighted by Crippen LogP contribution is 2.52. The number of hydrogen-bond acceptors (Lipinski definition) is 6. The standard InChI is InChI=1S/C21H23N2O4P3/c1-18(2)24-23(29-26-20-14-8-4-9-15-20)30(27-21-16-10-5-11-17-21)22-28-25-19-12-6-3-7-13-19/h3-18,29H,1-2H3. The molecule has 156 valence electrons. The Labute approximate surface area is 181 Å². The first-order chi connectivity index (χ1) is 14.7. The lowest BCUT2D eigenvalue weighted by Gasteiger charge is -2.26. The van der Waals surface area contributed by atoms with E-state index in [0.29, 0.717) is 14.3 Å². The van der Waals surface area contributed by atoms with Crippen molar-refractivity contribution in [1.82, 2.24) is 4.60 Å². The molecule has 0 aliphatic heterocycles. The quantitative estimate of drug-likeness (QED) is 0.217. The van der Waals surface area contributed by atoms with Crippen LogP contribution in [0.5, 0.6) is 17.2 Å². The number of benzene rings is 3. The summed E-state index contributed by atoms with van der Waals surface area (Å²) in [6, 6.07) is 28.6. The van der Waals surface area contributed by atoms with Crippen LogP contribution in [0.25, 0.3) is 0 Å². The average Bonchev–Trinajstić information content (AvgIpc) is 2.78. The van der Waals surface area contributed by atoms with Crippen LogP contribution in [-0.4, -0.2) is 10.7 Å². The van der Waals surface area contributed by atoms with E-state index in [9.17, 15) is 0 Å². The van der Waals surface area contributed by atoms with Gasteiger partial charge in [0.25, 0.3) is 8.60 Å². The zero-order valence-electron chi connectivity index (χ0n) is 16.7. The van der Waals surface area contributed by atoms with Gasteiger partial charge < -0.3 is 13.6 Å². The van der Waals surface area contributed by atoms with Gasteiger partial charge in [0.15, 0.2) is 8.96 Å². The highest BCUT2D eigenvalue weighted by molar-refractivity contribution is 7.60. The van der Waals surface area contributed by atoms with Gasteiger partial charge in [0.2, 0.25) is 0 Å². The highest BCUT2D eigenvalue weighted by Gasteiger charge is 2.26. The summed E-state index contributed by atoms with van der Waals surface area (Å²) >= 11 is 0. The average molecular weight is 460 g/mol. The highest BCUT2D eigenvalue weighted by atomic mass is 31.2. The second-order valence-electron chi connectivity index (χ2n) is 6.17. The van der Waals surface area contributed by atoms with Crippen molar-refractivity contribution in [2.24, 2.45) is 4.52 Å². The monoisotopic (exact) mass is 460 g/mol. The van der Waals surface area contributed by atoms with Gasteiger partial charge in [-0.05, 0) is 50.2 Å². The molecule has 9 heteroatoms. The molecule has 0 bridgehead atoms. The Balaban J connectivity index is 1.75. The van der Waals surface area contributed by atoms with Crippen LogP contribution in [0.3, 0.4) is 0 Å². The van der Waals surface area contributed by atoms with Crippen molar-refractivity contribution in [3.05, 3.63) is 91.0 Å². The van der Waals surface area contributed by atoms with Crippen LogP contribution in [0.4, 0.5) is 0 Å². The van der Waals surface area contributed by atoms with E-state index in [1.807, 2.05) is 105 Å². The summed E-state index contributed by atoms with van der Waals surface area (Å²) in [4.78, 5) is 5.98. The van der Waals surface area contributed by atoms with Gasteiger partial charge in [-0.1, -0.05) is 59.2 Å². The summed E-state index contributed by atoms with van der Waals surface area (Å²) in [5.41, 5.74) is 0. The van der Waals surface area contributed by atoms with Gasteiger partial charge in [0.1, 0.15) is 17.2 Å². The van der Waals surface area contributed by atoms with Gasteiger partial charge in [-0.25, -0.2) is 0 Å². The maximum Gasteiger partial charge on any atom is 0.337 e. The Kier molecular flexibility index (Phi) is 9.50. The molecule has 0 N–H and O–H groups in total. The van der Waals surface area contributed by atoms with Crippen LogP contribution in [0.2, 0.25) is 0 Å². The largest absolute Gasteiger partial charge is 0.458 e. The minimum absolute atomic E-state index is 0.0665. The molecule has 0 radical (unpaired) electrons. The minimum Gasteiger partial charge on any atom is -0.458 e. The van der Waals surface area contributed by atoms with Crippen molar-refractivity contribution in [2.45, 2.75) is 20.0 Å². The van der Waals surface area contributed by atoms with E-state index in [4.69, 9.17) is 18.4 Å². The molecule has 0 aromatic heterocycles. The molecule has 3 aromatic carbocycles. The first-order valence-electron chi connectivity index (χ1n) is 9.31. The normalized spacial score (nSPS) is 12.7. The van der Waals surface area contributed by atoms with Crippen molar-refractivity contribution < 1.29 is 18.4 Å². The van der Waals surface area contributed by atoms with E-state index in [-0.39, 0.29) is 15.1 Å². The first-order valence-corrected chi connectivity index (χ1v) is 12.1. The summed E-state index contributed by atoms with van der Waals surface area (Å²) in [6.45, 7) is 3.91. The van der Waals surface area contributed by atoms with Crippen molar-refractivity contribution in [3.8, 4) is 17.2 Å². The summed E-state index contributed by atoms with van der Waals surface area (Å²) in [7, 11) is -1.26. The van der Waals surface area contributed by atoms with E-state index >= 15 is 0 Å². The lowest BCUT2D eigenvalue weighted by Crippen LogP contribution is -2.17. The molecule has 0 spiro atoms. The van der Waals surface area contributed by atoms with Crippen LogP contribution in [-0.2, 0) is 4.84 Å². The minimum atomic E-state index is -1.54. The second-order valence-corrected chi connectivity index (χ2v) is 9.45. The lowest BCUT2D eigenvalue weighted by atomic mass is 10.3. The van der Waals surface area contributed by atoms with E-state index in [1.165, 1.54) is 0 Å². The van der Waals surface area contributed by atoms with Crippen LogP contribution in [0.15, 0.2) is 95.5 Å². The van der Waals surface area contributed by atoms with E-state index < -0.39 is 8.45 Å². The molecular formula is C21H23N2O4P3. The fourth-order valence-corrected chi connectivity index (χ4v) is 5.28. The molecule has 0 aliphatic rings. The van der Waals surface area contributed by atoms with Gasteiger partial charge in [-0.15, -0.1) is 4.52 Å². The fraction of sp³-hybridized carbons (Fsp3) is 0.143. The van der Waals surface area contributed by atoms with Crippen LogP contribution in [0, 0.1) is 0 Å². The van der Waals surface area contributed by atoms with Crippen LogP contribution < -0.4 is 13.6 Å². The van der Waals surface area contributed by atoms with Gasteiger partial charge in [-0.2, -0.15) is 0 Å². The molecule has 2 atom stereocenters. The molecule has 0 heterocycles. The Morgan fingerprint density at radius 2 is 1.33 bits per heavy atom. The summed E-state index contributed by atoms with van der Waals surface area (Å²) in [5.74, 6) is 2.18. The molecule has 6 nitrogen and oxygen atoms in total. The van der Waals surface area contributed by atoms with Crippen LogP contribution in [0.1, 0.15) is 13.8 Å². The van der Waals surface area contributed by atoms with E-state index in [1.54, 1.807) is 4.60 Å². The fourth-order valence-electron chi connectivity index (χ4n) is 2.12. The third-order valence-corrected chi connectivity index (χ3v) is 6.71. The number of hydrogen-bond donors (Lipinski definition) is 0. The zero-order chi connectivity index (χ0) is 21.0. The molecule has 0 amide bonds. The third-order valence-electron chi connectivity index (χ3n) is 3.38. The number of nitrogens with zero attached hydrogens (tertiary/aromatic N) is 2. The Morgan fingerprint density at radius 1 is 0.800 bits per heavy atom. The predicted molar refractivity (Wildman–Crippen MR) is 124 cm³/mol. The van der Waals surface area contributed by atoms with E-state index in [2.05, 4.69) is 4.52 Å². The predicted octanol–water partition coefficient (Wildman–Crippen LogP) is 7.65. The summed E-state index contributed by atoms with van der Waals surface area (Å²) in [5, 5.41) is 0. The molecule has 0 saturated carbocycles. The van der Waals surface area contributed by atoms with Gasteiger partial charge in [0.05, 0.1) is 6.10 Å². The van der Waals surface area contributed by atoms with Crippen molar-refractivity contribution in [3.63, 3.8) is 0 Å². The van der Waals surface area contributed by atoms with Gasteiger partial charge >= 0.3 is 8.45 Å². The molecular weight excluding hydrogens is 437 g/mol. The second kappa shape index (κ2) is 12.6. The van der Waals surface area contributed by atoms with Crippen molar-refractivity contribution in [2.75, 3.05) is 0 Å². The molecule has 0 fully saturated rings. The molecule has 30 heavy (non-hydrogen) atoms. The lowest BCUT2D eigenvalue weighted by molar-refractivity contribution is -0.0581. The summed E-state index contributed by atoms with van der Waals surface area (Å²) in [6.07, 6.45) is -0.0665. The van der Waals surface area contributed by atoms with E-state index in [0.717, 1.165) is 11.5 Å². The maximum atomic E-state index is 6.14. The first kappa shape index (κ1) is 22.6. The Morgan fingerprint density at radius 3 is 1.90 bits per heavy atom. The smallest absolute Gasteiger partial charge is 0.337 e. The molecule has 0 saturated heterocycles. The Bertz CT molecular complexity index is 887. The number of rotatable bonds is 11. The van der Waals surface area contributed by atoms with Crippen LogP contribution >= 0.6 is 26.0 Å². The third kappa shape index (κ3) is 7.99. The SMILES string of the molecule is CC(C)ON(POc1ccccc1)P(N=POc1ccccc1)Oc1ccccc1. The Hall–Kier alpha value is -2.06.